The van der Waals surface area contributed by atoms with E-state index in [1.54, 1.807) is 6.92 Å². The fraction of sp³-hybridized carbons (Fsp3) is 0.929. The van der Waals surface area contributed by atoms with Crippen LogP contribution in [0.25, 0.3) is 0 Å². The zero-order valence-corrected chi connectivity index (χ0v) is 11.7. The Morgan fingerprint density at radius 1 is 1.28 bits per heavy atom. The highest BCUT2D eigenvalue weighted by Crippen LogP contribution is 2.24. The van der Waals surface area contributed by atoms with E-state index >= 15 is 0 Å². The number of likely N-dealkylation sites (tertiary alicyclic amines) is 1. The van der Waals surface area contributed by atoms with Crippen LogP contribution in [0.5, 0.6) is 0 Å². The van der Waals surface area contributed by atoms with Gasteiger partial charge >= 0.3 is 0 Å². The van der Waals surface area contributed by atoms with Crippen LogP contribution in [0.2, 0.25) is 0 Å². The number of rotatable bonds is 6. The Balaban J connectivity index is 1.75. The maximum Gasteiger partial charge on any atom is 0.216 e. The molecule has 1 aliphatic heterocycles. The molecular weight excluding hydrogens is 226 g/mol. The lowest BCUT2D eigenvalue weighted by atomic mass is 9.92. The molecule has 0 spiro atoms. The van der Waals surface area contributed by atoms with Crippen LogP contribution in [-0.2, 0) is 4.79 Å². The van der Waals surface area contributed by atoms with Crippen molar-refractivity contribution in [2.75, 3.05) is 26.2 Å². The number of hydrogen-bond donors (Lipinski definition) is 2. The summed E-state index contributed by atoms with van der Waals surface area (Å²) in [5, 5.41) is 6.65. The first kappa shape index (κ1) is 13.8. The second-order valence-corrected chi connectivity index (χ2v) is 5.89. The molecule has 0 aromatic carbocycles. The van der Waals surface area contributed by atoms with E-state index in [1.807, 2.05) is 0 Å². The summed E-state index contributed by atoms with van der Waals surface area (Å²) in [6.07, 6.45) is 5.31. The molecule has 2 N–H and O–H groups in total. The molecule has 0 aromatic heterocycles. The van der Waals surface area contributed by atoms with Crippen LogP contribution in [0, 0.1) is 5.92 Å². The Morgan fingerprint density at radius 2 is 2.06 bits per heavy atom. The number of amides is 1. The van der Waals surface area contributed by atoms with Crippen molar-refractivity contribution in [1.82, 2.24) is 15.5 Å². The second-order valence-electron chi connectivity index (χ2n) is 5.89. The zero-order chi connectivity index (χ0) is 13.0. The molecule has 1 aliphatic carbocycles. The Morgan fingerprint density at radius 3 is 2.67 bits per heavy atom. The molecule has 18 heavy (non-hydrogen) atoms. The molecule has 1 saturated carbocycles. The molecule has 4 heteroatoms. The van der Waals surface area contributed by atoms with Gasteiger partial charge in [0.05, 0.1) is 0 Å². The van der Waals surface area contributed by atoms with Gasteiger partial charge in [-0.25, -0.2) is 0 Å². The fourth-order valence-electron chi connectivity index (χ4n) is 2.88. The van der Waals surface area contributed by atoms with E-state index in [1.165, 1.54) is 32.2 Å². The third kappa shape index (κ3) is 4.58. The first-order valence-electron chi connectivity index (χ1n) is 7.40. The van der Waals surface area contributed by atoms with Gasteiger partial charge in [-0.2, -0.15) is 0 Å². The van der Waals surface area contributed by atoms with E-state index < -0.39 is 0 Å². The Bertz CT molecular complexity index is 278. The Kier molecular flexibility index (Phi) is 5.01. The molecule has 1 saturated heterocycles. The van der Waals surface area contributed by atoms with Crippen molar-refractivity contribution in [3.8, 4) is 0 Å². The minimum Gasteiger partial charge on any atom is -0.355 e. The molecule has 0 radical (unpaired) electrons. The van der Waals surface area contributed by atoms with Crippen molar-refractivity contribution < 1.29 is 4.79 Å². The predicted octanol–water partition coefficient (Wildman–Crippen LogP) is 0.975. The highest BCUT2D eigenvalue weighted by atomic mass is 16.1. The molecule has 4 nitrogen and oxygen atoms in total. The molecule has 0 aromatic rings. The van der Waals surface area contributed by atoms with Crippen LogP contribution >= 0.6 is 0 Å². The van der Waals surface area contributed by atoms with Crippen LogP contribution in [0.4, 0.5) is 0 Å². The highest BCUT2D eigenvalue weighted by molar-refractivity contribution is 5.72. The van der Waals surface area contributed by atoms with E-state index in [4.69, 9.17) is 0 Å². The average molecular weight is 253 g/mol. The second kappa shape index (κ2) is 6.53. The van der Waals surface area contributed by atoms with E-state index in [-0.39, 0.29) is 5.91 Å². The summed E-state index contributed by atoms with van der Waals surface area (Å²) in [6, 6.07) is 1.45. The van der Waals surface area contributed by atoms with Gasteiger partial charge in [-0.05, 0) is 25.2 Å². The maximum atomic E-state index is 10.9. The molecule has 1 amide bonds. The van der Waals surface area contributed by atoms with Crippen LogP contribution in [0.1, 0.15) is 39.5 Å². The van der Waals surface area contributed by atoms with Crippen molar-refractivity contribution in [2.24, 2.45) is 5.92 Å². The molecule has 1 heterocycles. The minimum absolute atomic E-state index is 0.0757. The van der Waals surface area contributed by atoms with Crippen molar-refractivity contribution in [3.63, 3.8) is 0 Å². The summed E-state index contributed by atoms with van der Waals surface area (Å²) in [7, 11) is 0. The van der Waals surface area contributed by atoms with Gasteiger partial charge in [-0.3, -0.25) is 9.69 Å². The van der Waals surface area contributed by atoms with Gasteiger partial charge in [0.25, 0.3) is 0 Å². The molecule has 2 unspecified atom stereocenters. The van der Waals surface area contributed by atoms with Gasteiger partial charge in [0.1, 0.15) is 0 Å². The molecule has 2 rings (SSSR count). The lowest BCUT2D eigenvalue weighted by molar-refractivity contribution is -0.119. The normalized spacial score (nSPS) is 29.2. The summed E-state index contributed by atoms with van der Waals surface area (Å²) in [5.74, 6) is 0.888. The SMILES string of the molecule is CCC1CC(NC2CC2)CN(CCNC(C)=O)C1. The number of piperidine rings is 1. The monoisotopic (exact) mass is 253 g/mol. The fourth-order valence-corrected chi connectivity index (χ4v) is 2.88. The third-order valence-corrected chi connectivity index (χ3v) is 4.04. The third-order valence-electron chi connectivity index (χ3n) is 4.04. The van der Waals surface area contributed by atoms with Gasteiger partial charge in [0, 0.05) is 45.2 Å². The summed E-state index contributed by atoms with van der Waals surface area (Å²) in [6.45, 7) is 7.98. The van der Waals surface area contributed by atoms with Gasteiger partial charge < -0.3 is 10.6 Å². The van der Waals surface area contributed by atoms with Gasteiger partial charge in [-0.1, -0.05) is 13.3 Å². The van der Waals surface area contributed by atoms with Crippen LogP contribution in [-0.4, -0.2) is 49.1 Å². The smallest absolute Gasteiger partial charge is 0.216 e. The Labute approximate surface area is 110 Å². The first-order chi connectivity index (χ1) is 8.67. The van der Waals surface area contributed by atoms with Crippen molar-refractivity contribution in [3.05, 3.63) is 0 Å². The van der Waals surface area contributed by atoms with Crippen molar-refractivity contribution >= 4 is 5.91 Å². The van der Waals surface area contributed by atoms with E-state index in [0.717, 1.165) is 31.6 Å². The predicted molar refractivity (Wildman–Crippen MR) is 73.5 cm³/mol. The van der Waals surface area contributed by atoms with E-state index in [9.17, 15) is 4.79 Å². The molecule has 2 fully saturated rings. The van der Waals surface area contributed by atoms with E-state index in [2.05, 4.69) is 22.5 Å². The van der Waals surface area contributed by atoms with Crippen molar-refractivity contribution in [1.29, 1.82) is 0 Å². The largest absolute Gasteiger partial charge is 0.355 e. The molecule has 2 atom stereocenters. The summed E-state index contributed by atoms with van der Waals surface area (Å²) >= 11 is 0. The van der Waals surface area contributed by atoms with Gasteiger partial charge in [0.2, 0.25) is 5.91 Å². The summed E-state index contributed by atoms with van der Waals surface area (Å²) < 4.78 is 0. The highest BCUT2D eigenvalue weighted by Gasteiger charge is 2.30. The number of carbonyl (C=O) groups is 1. The number of nitrogens with zero attached hydrogens (tertiary/aromatic N) is 1. The average Bonchev–Trinajstić information content (AvgIpc) is 3.12. The molecule has 0 bridgehead atoms. The number of hydrogen-bond acceptors (Lipinski definition) is 3. The van der Waals surface area contributed by atoms with Crippen LogP contribution in [0.3, 0.4) is 0 Å². The molecule has 104 valence electrons. The number of nitrogens with one attached hydrogen (secondary N) is 2. The van der Waals surface area contributed by atoms with Gasteiger partial charge in [-0.15, -0.1) is 0 Å². The quantitative estimate of drug-likeness (QED) is 0.741. The van der Waals surface area contributed by atoms with Crippen LogP contribution in [0.15, 0.2) is 0 Å². The van der Waals surface area contributed by atoms with Gasteiger partial charge in [0.15, 0.2) is 0 Å². The first-order valence-corrected chi connectivity index (χ1v) is 7.40. The number of carbonyl (C=O) groups excluding carboxylic acids is 1. The standard InChI is InChI=1S/C14H27N3O/c1-3-12-8-14(16-13-4-5-13)10-17(9-12)7-6-15-11(2)18/h12-14,16H,3-10H2,1-2H3,(H,15,18). The zero-order valence-electron chi connectivity index (χ0n) is 11.7. The lowest BCUT2D eigenvalue weighted by Crippen LogP contribution is -2.51. The minimum atomic E-state index is 0.0757. The lowest BCUT2D eigenvalue weighted by Gasteiger charge is -2.38. The van der Waals surface area contributed by atoms with E-state index in [0.29, 0.717) is 6.04 Å². The summed E-state index contributed by atoms with van der Waals surface area (Å²) in [4.78, 5) is 13.4. The van der Waals surface area contributed by atoms with Crippen molar-refractivity contribution in [2.45, 2.75) is 51.6 Å². The maximum absolute atomic E-state index is 10.9. The Hall–Kier alpha value is -0.610. The van der Waals surface area contributed by atoms with Crippen LogP contribution < -0.4 is 10.6 Å². The molecular formula is C14H27N3O. The molecule has 2 aliphatic rings. The topological polar surface area (TPSA) is 44.4 Å². The summed E-state index contributed by atoms with van der Waals surface area (Å²) in [5.41, 5.74) is 0.